The summed E-state index contributed by atoms with van der Waals surface area (Å²) in [6.07, 6.45) is 0.554. The number of rotatable bonds is 9. The van der Waals surface area contributed by atoms with Gasteiger partial charge in [-0.2, -0.15) is 4.31 Å². The third kappa shape index (κ3) is 5.67. The molecule has 0 unspecified atom stereocenters. The third-order valence-electron chi connectivity index (χ3n) is 3.95. The molecule has 4 N–H and O–H groups in total. The van der Waals surface area contributed by atoms with Crippen LogP contribution in [0, 0.1) is 0 Å². The maximum atomic E-state index is 13.0. The van der Waals surface area contributed by atoms with E-state index in [1.54, 1.807) is 0 Å². The summed E-state index contributed by atoms with van der Waals surface area (Å²) in [6, 6.07) is 13.6. The molecule has 0 atom stereocenters. The lowest BCUT2D eigenvalue weighted by Crippen LogP contribution is -2.37. The molecule has 0 heterocycles. The number of primary amides is 1. The highest BCUT2D eigenvalue weighted by molar-refractivity contribution is 7.89. The summed E-state index contributed by atoms with van der Waals surface area (Å²) in [7, 11) is -2.44. The monoisotopic (exact) mass is 413 g/mol. The quantitative estimate of drug-likeness (QED) is 0.644. The number of hydrogen-bond donors (Lipinski definition) is 2. The van der Waals surface area contributed by atoms with Gasteiger partial charge in [-0.15, -0.1) is 12.4 Å². The number of methoxy groups -OCH3 is 1. The Morgan fingerprint density at radius 2 is 1.78 bits per heavy atom. The van der Waals surface area contributed by atoms with Crippen molar-refractivity contribution in [2.75, 3.05) is 26.7 Å². The minimum absolute atomic E-state index is 0. The predicted molar refractivity (Wildman–Crippen MR) is 107 cm³/mol. The number of amides is 1. The van der Waals surface area contributed by atoms with Gasteiger partial charge in [-0.25, -0.2) is 8.42 Å². The van der Waals surface area contributed by atoms with Crippen LogP contribution in [0.1, 0.15) is 15.9 Å². The summed E-state index contributed by atoms with van der Waals surface area (Å²) in [4.78, 5) is 11.6. The standard InChI is InChI=1S/C18H23N3O4S.ClH/c1-25-17-8-7-15(13-16(17)18(20)22)26(23,24)21(12-10-19)11-9-14-5-3-2-4-6-14;/h2-8,13H,9-12,19H2,1H3,(H2,20,22);1H. The zero-order chi connectivity index (χ0) is 19.2. The topological polar surface area (TPSA) is 116 Å². The van der Waals surface area contributed by atoms with Crippen molar-refractivity contribution >= 4 is 28.3 Å². The van der Waals surface area contributed by atoms with E-state index in [2.05, 4.69) is 0 Å². The Bertz CT molecular complexity index is 860. The molecule has 0 aromatic heterocycles. The number of nitrogens with zero attached hydrogens (tertiary/aromatic N) is 1. The summed E-state index contributed by atoms with van der Waals surface area (Å²) in [5.74, 6) is -0.528. The molecule has 2 aromatic carbocycles. The van der Waals surface area contributed by atoms with Crippen molar-refractivity contribution in [1.82, 2.24) is 4.31 Å². The maximum absolute atomic E-state index is 13.0. The highest BCUT2D eigenvalue weighted by Gasteiger charge is 2.25. The summed E-state index contributed by atoms with van der Waals surface area (Å²) < 4.78 is 32.4. The number of nitrogens with two attached hydrogens (primary N) is 2. The van der Waals surface area contributed by atoms with Crippen LogP contribution in [-0.4, -0.2) is 45.4 Å². The lowest BCUT2D eigenvalue weighted by molar-refractivity contribution is 0.0997. The van der Waals surface area contributed by atoms with Crippen LogP contribution in [0.25, 0.3) is 0 Å². The van der Waals surface area contributed by atoms with Gasteiger partial charge in [0.15, 0.2) is 0 Å². The second kappa shape index (κ2) is 10.3. The second-order valence-electron chi connectivity index (χ2n) is 5.65. The van der Waals surface area contributed by atoms with Gasteiger partial charge in [0, 0.05) is 19.6 Å². The second-order valence-corrected chi connectivity index (χ2v) is 7.59. The highest BCUT2D eigenvalue weighted by atomic mass is 35.5. The molecule has 9 heteroatoms. The molecule has 0 radical (unpaired) electrons. The first-order valence-corrected chi connectivity index (χ1v) is 9.56. The number of ether oxygens (including phenoxy) is 1. The van der Waals surface area contributed by atoms with Crippen molar-refractivity contribution in [1.29, 1.82) is 0 Å². The summed E-state index contributed by atoms with van der Waals surface area (Å²) in [6.45, 7) is 0.640. The normalized spacial score (nSPS) is 11.1. The Morgan fingerprint density at radius 3 is 2.33 bits per heavy atom. The molecule has 148 valence electrons. The van der Waals surface area contributed by atoms with Gasteiger partial charge in [0.2, 0.25) is 10.0 Å². The van der Waals surface area contributed by atoms with E-state index >= 15 is 0 Å². The molecule has 0 spiro atoms. The van der Waals surface area contributed by atoms with E-state index in [-0.39, 0.29) is 48.2 Å². The Balaban J connectivity index is 0.00000364. The molecule has 0 aliphatic heterocycles. The minimum atomic E-state index is -3.82. The molecule has 2 rings (SSSR count). The number of carbonyl (C=O) groups excluding carboxylic acids is 1. The van der Waals surface area contributed by atoms with Gasteiger partial charge in [0.25, 0.3) is 5.91 Å². The van der Waals surface area contributed by atoms with E-state index in [9.17, 15) is 13.2 Å². The molecule has 1 amide bonds. The molecule has 0 saturated carbocycles. The van der Waals surface area contributed by atoms with Crippen molar-refractivity contribution in [3.05, 3.63) is 59.7 Å². The van der Waals surface area contributed by atoms with Gasteiger partial charge < -0.3 is 16.2 Å². The smallest absolute Gasteiger partial charge is 0.252 e. The number of sulfonamides is 1. The minimum Gasteiger partial charge on any atom is -0.496 e. The van der Waals surface area contributed by atoms with E-state index in [1.807, 2.05) is 30.3 Å². The van der Waals surface area contributed by atoms with Gasteiger partial charge in [-0.05, 0) is 30.2 Å². The van der Waals surface area contributed by atoms with Gasteiger partial charge in [-0.3, -0.25) is 4.79 Å². The fourth-order valence-electron chi connectivity index (χ4n) is 2.58. The van der Waals surface area contributed by atoms with E-state index in [0.717, 1.165) is 5.56 Å². The molecule has 7 nitrogen and oxygen atoms in total. The lowest BCUT2D eigenvalue weighted by atomic mass is 10.1. The SMILES string of the molecule is COc1ccc(S(=O)(=O)N(CCN)CCc2ccccc2)cc1C(N)=O.Cl. The number of benzene rings is 2. The third-order valence-corrected chi connectivity index (χ3v) is 5.84. The largest absolute Gasteiger partial charge is 0.496 e. The van der Waals surface area contributed by atoms with Crippen LogP contribution in [0.4, 0.5) is 0 Å². The molecular formula is C18H24ClN3O4S. The van der Waals surface area contributed by atoms with Crippen molar-refractivity contribution in [2.45, 2.75) is 11.3 Å². The van der Waals surface area contributed by atoms with Crippen LogP contribution >= 0.6 is 12.4 Å². The first-order valence-electron chi connectivity index (χ1n) is 8.12. The van der Waals surface area contributed by atoms with Crippen LogP contribution in [0.15, 0.2) is 53.4 Å². The summed E-state index contributed by atoms with van der Waals surface area (Å²) in [5, 5.41) is 0. The van der Waals surface area contributed by atoms with Crippen molar-refractivity contribution in [2.24, 2.45) is 11.5 Å². The summed E-state index contributed by atoms with van der Waals surface area (Å²) >= 11 is 0. The number of hydrogen-bond acceptors (Lipinski definition) is 5. The number of carbonyl (C=O) groups is 1. The van der Waals surface area contributed by atoms with Crippen LogP contribution in [-0.2, 0) is 16.4 Å². The van der Waals surface area contributed by atoms with E-state index < -0.39 is 15.9 Å². The predicted octanol–water partition coefficient (Wildman–Crippen LogP) is 1.41. The van der Waals surface area contributed by atoms with Crippen molar-refractivity contribution in [3.8, 4) is 5.75 Å². The Hall–Kier alpha value is -2.13. The maximum Gasteiger partial charge on any atom is 0.252 e. The van der Waals surface area contributed by atoms with E-state index in [4.69, 9.17) is 16.2 Å². The first-order chi connectivity index (χ1) is 12.4. The van der Waals surface area contributed by atoms with Gasteiger partial charge >= 0.3 is 0 Å². The average Bonchev–Trinajstić information content (AvgIpc) is 2.65. The fraction of sp³-hybridized carbons (Fsp3) is 0.278. The molecule has 0 fully saturated rings. The molecule has 2 aromatic rings. The average molecular weight is 414 g/mol. The number of halogens is 1. The van der Waals surface area contributed by atoms with Gasteiger partial charge in [0.1, 0.15) is 5.75 Å². The molecular weight excluding hydrogens is 390 g/mol. The summed E-state index contributed by atoms with van der Waals surface area (Å²) in [5.41, 5.74) is 12.0. The molecule has 0 saturated heterocycles. The van der Waals surface area contributed by atoms with Crippen LogP contribution in [0.3, 0.4) is 0 Å². The molecule has 27 heavy (non-hydrogen) atoms. The Kier molecular flexibility index (Phi) is 8.71. The van der Waals surface area contributed by atoms with E-state index in [0.29, 0.717) is 6.42 Å². The first kappa shape index (κ1) is 22.9. The molecule has 0 aliphatic carbocycles. The highest BCUT2D eigenvalue weighted by Crippen LogP contribution is 2.24. The molecule has 0 bridgehead atoms. The van der Waals surface area contributed by atoms with Crippen LogP contribution < -0.4 is 16.2 Å². The van der Waals surface area contributed by atoms with Crippen LogP contribution in [0.5, 0.6) is 5.75 Å². The Morgan fingerprint density at radius 1 is 1.11 bits per heavy atom. The zero-order valence-electron chi connectivity index (χ0n) is 15.0. The van der Waals surface area contributed by atoms with Crippen LogP contribution in [0.2, 0.25) is 0 Å². The Labute approximate surface area is 165 Å². The van der Waals surface area contributed by atoms with Crippen molar-refractivity contribution < 1.29 is 17.9 Å². The van der Waals surface area contributed by atoms with E-state index in [1.165, 1.54) is 29.6 Å². The lowest BCUT2D eigenvalue weighted by Gasteiger charge is -2.22. The van der Waals surface area contributed by atoms with Crippen molar-refractivity contribution in [3.63, 3.8) is 0 Å². The fourth-order valence-corrected chi connectivity index (χ4v) is 4.07. The molecule has 0 aliphatic rings. The van der Waals surface area contributed by atoms with Gasteiger partial charge in [0.05, 0.1) is 17.6 Å². The zero-order valence-corrected chi connectivity index (χ0v) is 16.6. The van der Waals surface area contributed by atoms with Gasteiger partial charge in [-0.1, -0.05) is 30.3 Å².